The van der Waals surface area contributed by atoms with Gasteiger partial charge in [-0.2, -0.15) is 0 Å². The summed E-state index contributed by atoms with van der Waals surface area (Å²) >= 11 is 3.29. The van der Waals surface area contributed by atoms with Gasteiger partial charge in [-0.3, -0.25) is 0 Å². The molecule has 2 nitrogen and oxygen atoms in total. The Kier molecular flexibility index (Phi) is 8.09. The Labute approximate surface area is 47.2 Å². The van der Waals surface area contributed by atoms with Crippen molar-refractivity contribution in [1.29, 1.82) is 0 Å². The van der Waals surface area contributed by atoms with E-state index in [1.807, 2.05) is 0 Å². The first-order valence-corrected chi connectivity index (χ1v) is 1.08. The molecule has 0 atom stereocenters. The van der Waals surface area contributed by atoms with Crippen LogP contribution < -0.4 is 0 Å². The molecule has 0 bridgehead atoms. The third-order valence-corrected chi connectivity index (χ3v) is 0. The first-order valence-electron chi connectivity index (χ1n) is 0.586. The molecule has 0 heterocycles. The molecule has 0 aliphatic rings. The molecule has 0 unspecified atom stereocenters. The van der Waals surface area contributed by atoms with Crippen LogP contribution in [0, 0.1) is 0 Å². The normalized spacial score (nSPS) is 5.20. The van der Waals surface area contributed by atoms with E-state index < -0.39 is 4.94 Å². The van der Waals surface area contributed by atoms with Gasteiger partial charge in [0, 0.05) is 16.5 Å². The molecule has 0 saturated heterocycles. The average molecular weight is 162 g/mol. The van der Waals surface area contributed by atoms with Crippen LogP contribution in [-0.4, -0.2) is 10.0 Å². The molecule has 0 aliphatic carbocycles. The summed E-state index contributed by atoms with van der Waals surface area (Å²) in [5.74, 6) is 0. The summed E-state index contributed by atoms with van der Waals surface area (Å²) in [6.07, 6.45) is 0. The summed E-state index contributed by atoms with van der Waals surface area (Å²) < 4.78 is 0. The third-order valence-electron chi connectivity index (χ3n) is 0. The number of carbonyl (C=O) groups is 1. The molecule has 5 heavy (non-hydrogen) atoms. The predicted octanol–water partition coefficient (Wildman–Crippen LogP) is 0.209. The van der Waals surface area contributed by atoms with Crippen LogP contribution in [0.2, 0.25) is 0 Å². The molecule has 0 radical (unpaired) electrons. The maximum absolute atomic E-state index is 8.83. The summed E-state index contributed by atoms with van der Waals surface area (Å²) in [6.45, 7) is 0. The van der Waals surface area contributed by atoms with Crippen molar-refractivity contribution in [2.45, 2.75) is 0 Å². The molecule has 0 amide bonds. The minimum Gasteiger partial charge on any atom is 0 e. The van der Waals surface area contributed by atoms with E-state index in [1.165, 1.54) is 0 Å². The van der Waals surface area contributed by atoms with Crippen molar-refractivity contribution in [3.63, 3.8) is 0 Å². The van der Waals surface area contributed by atoms with Crippen molar-refractivity contribution in [2.24, 2.45) is 0 Å². The second-order valence-electron chi connectivity index (χ2n) is 0.227. The molecule has 0 aromatic carbocycles. The quantitative estimate of drug-likeness (QED) is 0.517. The Balaban J connectivity index is 0. The molecule has 1 N–H and O–H groups in total. The summed E-state index contributed by atoms with van der Waals surface area (Å²) in [5, 5.41) is 7.25. The Bertz CT molecular complexity index is 30.6. The number of hydrogen-bond acceptors (Lipinski definition) is 1. The smallest absolute Gasteiger partial charge is 0 e. The largest absolute Gasteiger partial charge is 0 e. The van der Waals surface area contributed by atoms with E-state index in [4.69, 9.17) is 9.90 Å². The predicted molar refractivity (Wildman–Crippen MR) is 8.02 cm³/mol. The molecular weight excluding hydrogens is 161 g/mol. The molecule has 4 heteroatoms. The zero-order valence-corrected chi connectivity index (χ0v) is 3.96. The van der Waals surface area contributed by atoms with Crippen molar-refractivity contribution in [2.75, 3.05) is 0 Å². The van der Waals surface area contributed by atoms with Gasteiger partial charge < -0.3 is 0 Å². The molecular formula is CHNi2O2. The van der Waals surface area contributed by atoms with E-state index in [0.29, 0.717) is 0 Å². The van der Waals surface area contributed by atoms with Gasteiger partial charge in [0.05, 0.1) is 0 Å². The monoisotopic (exact) mass is 161 g/mol. The van der Waals surface area contributed by atoms with Crippen LogP contribution in [0.4, 0.5) is 4.79 Å². The van der Waals surface area contributed by atoms with E-state index in [1.54, 1.807) is 0 Å². The Morgan fingerprint density at radius 2 is 1.80 bits per heavy atom. The van der Waals surface area contributed by atoms with Gasteiger partial charge in [-0.1, -0.05) is 0 Å². The molecule has 0 saturated carbocycles. The van der Waals surface area contributed by atoms with E-state index in [0.717, 1.165) is 0 Å². The topological polar surface area (TPSA) is 37.3 Å². The van der Waals surface area contributed by atoms with Crippen molar-refractivity contribution in [3.05, 3.63) is 0 Å². The minimum absolute atomic E-state index is 0. The Morgan fingerprint density at radius 1 is 1.80 bits per heavy atom. The number of hydrogen-bond donors (Lipinski definition) is 1. The van der Waals surface area contributed by atoms with Crippen molar-refractivity contribution in [1.82, 2.24) is 0 Å². The first kappa shape index (κ1) is 9.07. The van der Waals surface area contributed by atoms with Crippen LogP contribution in [-0.2, 0) is 32.0 Å². The van der Waals surface area contributed by atoms with Gasteiger partial charge in [-0.15, -0.1) is 0 Å². The first-order chi connectivity index (χ1) is 1.73. The van der Waals surface area contributed by atoms with Gasteiger partial charge in [0.15, 0.2) is 0 Å². The summed E-state index contributed by atoms with van der Waals surface area (Å²) in [5.41, 5.74) is 0. The van der Waals surface area contributed by atoms with Gasteiger partial charge in [0.1, 0.15) is 0 Å². The molecule has 0 spiro atoms. The van der Waals surface area contributed by atoms with E-state index in [2.05, 4.69) is 15.5 Å². The maximum Gasteiger partial charge on any atom is 0 e. The fraction of sp³-hybridized carbons (Fsp3) is 0. The fourth-order valence-corrected chi connectivity index (χ4v) is 0. The van der Waals surface area contributed by atoms with Gasteiger partial charge >= 0.3 is 30.3 Å². The van der Waals surface area contributed by atoms with E-state index >= 15 is 0 Å². The minimum atomic E-state index is -1.21. The number of carboxylic acid groups (broad SMARTS) is 1. The average Bonchev–Trinajstić information content (AvgIpc) is 0.811. The zero-order valence-electron chi connectivity index (χ0n) is 1.99. The third kappa shape index (κ3) is 129. The van der Waals surface area contributed by atoms with Crippen LogP contribution >= 0.6 is 0 Å². The van der Waals surface area contributed by atoms with Gasteiger partial charge in [-0.05, 0) is 0 Å². The van der Waals surface area contributed by atoms with Crippen molar-refractivity contribution >= 4 is 4.94 Å². The molecule has 0 aliphatic heterocycles. The summed E-state index contributed by atoms with van der Waals surface area (Å²) in [4.78, 5) is 7.63. The van der Waals surface area contributed by atoms with Gasteiger partial charge in [0.2, 0.25) is 0 Å². The Hall–Kier alpha value is 0.457. The van der Waals surface area contributed by atoms with Gasteiger partial charge in [-0.25, -0.2) is 0 Å². The van der Waals surface area contributed by atoms with E-state index in [9.17, 15) is 0 Å². The molecule has 0 aromatic rings. The molecule has 0 aromatic heterocycles. The van der Waals surface area contributed by atoms with Crippen molar-refractivity contribution in [3.8, 4) is 0 Å². The van der Waals surface area contributed by atoms with Gasteiger partial charge in [0.25, 0.3) is 0 Å². The molecule has 0 fully saturated rings. The van der Waals surface area contributed by atoms with Crippen LogP contribution in [0.5, 0.6) is 0 Å². The second-order valence-corrected chi connectivity index (χ2v) is 0.649. The fourth-order valence-electron chi connectivity index (χ4n) is 0. The van der Waals surface area contributed by atoms with Crippen LogP contribution in [0.3, 0.4) is 0 Å². The van der Waals surface area contributed by atoms with Crippen LogP contribution in [0.15, 0.2) is 0 Å². The zero-order chi connectivity index (χ0) is 3.58. The van der Waals surface area contributed by atoms with Crippen LogP contribution in [0.25, 0.3) is 0 Å². The van der Waals surface area contributed by atoms with E-state index in [-0.39, 0.29) is 16.5 Å². The Morgan fingerprint density at radius 3 is 1.80 bits per heavy atom. The molecule has 0 rings (SSSR count). The van der Waals surface area contributed by atoms with Crippen LogP contribution in [0.1, 0.15) is 0 Å². The van der Waals surface area contributed by atoms with Crippen molar-refractivity contribution < 1.29 is 41.9 Å². The summed E-state index contributed by atoms with van der Waals surface area (Å²) in [7, 11) is 0. The summed E-state index contributed by atoms with van der Waals surface area (Å²) in [6, 6.07) is 0. The standard InChI is InChI=1S/CHO2.2Ni/c2-1-3;;/h(H,2,3);;. The second kappa shape index (κ2) is 4.46. The SMILES string of the molecule is O=[C](O)[Ni].[Ni]. The number of rotatable bonds is 0. The molecule has 37 valence electrons. The maximum atomic E-state index is 8.83.